The Balaban J connectivity index is 1.76. The summed E-state index contributed by atoms with van der Waals surface area (Å²) in [5, 5.41) is 2.92. The number of nitrogens with zero attached hydrogens (tertiary/aromatic N) is 3. The van der Waals surface area contributed by atoms with Crippen molar-refractivity contribution in [3.63, 3.8) is 0 Å². The Morgan fingerprint density at radius 2 is 1.77 bits per heavy atom. The third kappa shape index (κ3) is 2.88. The van der Waals surface area contributed by atoms with Crippen molar-refractivity contribution in [2.45, 2.75) is 29.3 Å². The normalized spacial score (nSPS) is 23.6. The maximum Gasteiger partial charge on any atom is 0.501 e. The van der Waals surface area contributed by atoms with E-state index in [-0.39, 0.29) is 11.6 Å². The number of anilines is 3. The van der Waals surface area contributed by atoms with Crippen LogP contribution in [0.4, 0.5) is 35.0 Å². The molecule has 1 aliphatic heterocycles. The predicted octanol–water partition coefficient (Wildman–Crippen LogP) is 3.17. The molecule has 1 aliphatic carbocycles. The summed E-state index contributed by atoms with van der Waals surface area (Å²) in [6, 6.07) is 4.41. The number of hydrogen-bond acceptors (Lipinski definition) is 6. The summed E-state index contributed by atoms with van der Waals surface area (Å²) in [4.78, 5) is 31.8. The fourth-order valence-corrected chi connectivity index (χ4v) is 4.65. The topological polar surface area (TPSA) is 99.7 Å². The maximum absolute atomic E-state index is 13.3. The van der Waals surface area contributed by atoms with Crippen LogP contribution in [0.1, 0.15) is 13.3 Å². The standard InChI is InChI=1S/C19H17F3N4O4S/c1-11-9-18(11)16(27)25(17(28)26(18)15-7-8-24-10-14(15)23-2)12-3-5-13(6-4-12)31(29,30)19(20,21)22/h3-8,10-11,23H,9H2,1-2H3. The van der Waals surface area contributed by atoms with Crippen LogP contribution in [0.2, 0.25) is 0 Å². The van der Waals surface area contributed by atoms with E-state index in [1.807, 2.05) is 6.92 Å². The summed E-state index contributed by atoms with van der Waals surface area (Å²) in [5.41, 5.74) is -5.62. The van der Waals surface area contributed by atoms with E-state index >= 15 is 0 Å². The number of nitrogens with one attached hydrogen (secondary N) is 1. The highest BCUT2D eigenvalue weighted by Gasteiger charge is 2.70. The maximum atomic E-state index is 13.3. The molecule has 1 aromatic heterocycles. The molecule has 1 saturated heterocycles. The highest BCUT2D eigenvalue weighted by atomic mass is 32.2. The van der Waals surface area contributed by atoms with Gasteiger partial charge in [0.05, 0.1) is 28.2 Å². The Kier molecular flexibility index (Phi) is 4.54. The molecule has 31 heavy (non-hydrogen) atoms. The molecule has 164 valence electrons. The number of carbonyl (C=O) groups is 2. The smallest absolute Gasteiger partial charge is 0.385 e. The zero-order valence-electron chi connectivity index (χ0n) is 16.3. The van der Waals surface area contributed by atoms with Crippen LogP contribution in [0.3, 0.4) is 0 Å². The number of hydrogen-bond donors (Lipinski definition) is 1. The van der Waals surface area contributed by atoms with Crippen LogP contribution in [0.15, 0.2) is 47.6 Å². The van der Waals surface area contributed by atoms with Crippen molar-refractivity contribution in [3.8, 4) is 0 Å². The zero-order valence-corrected chi connectivity index (χ0v) is 17.2. The third-order valence-corrected chi connectivity index (χ3v) is 7.15. The molecule has 0 radical (unpaired) electrons. The van der Waals surface area contributed by atoms with Crippen LogP contribution < -0.4 is 15.1 Å². The molecule has 8 nitrogen and oxygen atoms in total. The van der Waals surface area contributed by atoms with Gasteiger partial charge in [0.15, 0.2) is 0 Å². The minimum atomic E-state index is -5.54. The van der Waals surface area contributed by atoms with Crippen LogP contribution in [-0.4, -0.2) is 43.4 Å². The zero-order chi connectivity index (χ0) is 22.8. The quantitative estimate of drug-likeness (QED) is 0.713. The molecule has 12 heteroatoms. The first-order valence-electron chi connectivity index (χ1n) is 9.18. The van der Waals surface area contributed by atoms with Crippen molar-refractivity contribution in [3.05, 3.63) is 42.7 Å². The van der Waals surface area contributed by atoms with Crippen LogP contribution in [-0.2, 0) is 14.6 Å². The van der Waals surface area contributed by atoms with Crippen LogP contribution in [0.25, 0.3) is 0 Å². The lowest BCUT2D eigenvalue weighted by molar-refractivity contribution is -0.119. The van der Waals surface area contributed by atoms with Crippen molar-refractivity contribution in [2.24, 2.45) is 5.92 Å². The molecular weight excluding hydrogens is 437 g/mol. The summed E-state index contributed by atoms with van der Waals surface area (Å²) in [6.45, 7) is 1.82. The molecule has 2 unspecified atom stereocenters. The van der Waals surface area contributed by atoms with Gasteiger partial charge in [0.2, 0.25) is 0 Å². The number of imide groups is 1. The first-order valence-corrected chi connectivity index (χ1v) is 10.7. The Labute approximate surface area is 175 Å². The van der Waals surface area contributed by atoms with Gasteiger partial charge in [-0.15, -0.1) is 0 Å². The van der Waals surface area contributed by atoms with E-state index in [9.17, 15) is 31.2 Å². The Morgan fingerprint density at radius 3 is 2.29 bits per heavy atom. The number of halogens is 3. The van der Waals surface area contributed by atoms with Crippen LogP contribution in [0.5, 0.6) is 0 Å². The minimum Gasteiger partial charge on any atom is -0.385 e. The molecule has 3 amide bonds. The molecule has 1 saturated carbocycles. The number of amides is 3. The van der Waals surface area contributed by atoms with Gasteiger partial charge < -0.3 is 5.32 Å². The molecular formula is C19H17F3N4O4S. The van der Waals surface area contributed by atoms with Crippen molar-refractivity contribution < 1.29 is 31.2 Å². The number of pyridine rings is 1. The Hall–Kier alpha value is -3.15. The minimum absolute atomic E-state index is 0.0165. The first-order chi connectivity index (χ1) is 14.5. The fourth-order valence-electron chi connectivity index (χ4n) is 3.89. The lowest BCUT2D eigenvalue weighted by atomic mass is 10.1. The lowest BCUT2D eigenvalue weighted by Crippen LogP contribution is -2.39. The van der Waals surface area contributed by atoms with E-state index in [1.165, 1.54) is 17.3 Å². The molecule has 2 atom stereocenters. The van der Waals surface area contributed by atoms with Gasteiger partial charge in [0.1, 0.15) is 5.54 Å². The average molecular weight is 454 g/mol. The summed E-state index contributed by atoms with van der Waals surface area (Å²) in [5.74, 6) is -0.660. The van der Waals surface area contributed by atoms with Gasteiger partial charge in [-0.2, -0.15) is 13.2 Å². The summed E-state index contributed by atoms with van der Waals surface area (Å²) in [7, 11) is -3.90. The van der Waals surface area contributed by atoms with E-state index in [0.717, 1.165) is 29.2 Å². The molecule has 2 aliphatic rings. The highest BCUT2D eigenvalue weighted by molar-refractivity contribution is 7.92. The van der Waals surface area contributed by atoms with E-state index in [2.05, 4.69) is 10.3 Å². The number of urea groups is 1. The number of carbonyl (C=O) groups excluding carboxylic acids is 2. The third-order valence-electron chi connectivity index (χ3n) is 5.65. The van der Waals surface area contributed by atoms with Gasteiger partial charge in [-0.3, -0.25) is 14.7 Å². The van der Waals surface area contributed by atoms with Gasteiger partial charge in [-0.1, -0.05) is 6.92 Å². The summed E-state index contributed by atoms with van der Waals surface area (Å²) >= 11 is 0. The molecule has 2 aromatic rings. The van der Waals surface area contributed by atoms with Crippen molar-refractivity contribution in [1.29, 1.82) is 0 Å². The van der Waals surface area contributed by atoms with Gasteiger partial charge >= 0.3 is 11.5 Å². The van der Waals surface area contributed by atoms with Crippen LogP contribution >= 0.6 is 0 Å². The number of benzene rings is 1. The van der Waals surface area contributed by atoms with Crippen LogP contribution in [0, 0.1) is 5.92 Å². The Bertz CT molecular complexity index is 1180. The fraction of sp³-hybridized carbons (Fsp3) is 0.316. The lowest BCUT2D eigenvalue weighted by Gasteiger charge is -2.24. The molecule has 1 aromatic carbocycles. The van der Waals surface area contributed by atoms with Crippen molar-refractivity contribution in [1.82, 2.24) is 4.98 Å². The first kappa shape index (κ1) is 21.1. The molecule has 2 heterocycles. The van der Waals surface area contributed by atoms with Gasteiger partial charge in [0, 0.05) is 13.2 Å². The summed E-state index contributed by atoms with van der Waals surface area (Å²) in [6.07, 6.45) is 3.40. The van der Waals surface area contributed by atoms with E-state index in [4.69, 9.17) is 0 Å². The second-order valence-electron chi connectivity index (χ2n) is 7.37. The second kappa shape index (κ2) is 6.67. The SMILES string of the molecule is CNc1cnccc1N1C(=O)N(c2ccc(S(=O)(=O)C(F)(F)F)cc2)C(=O)C12CC2C. The van der Waals surface area contributed by atoms with Crippen molar-refractivity contribution >= 4 is 38.8 Å². The second-order valence-corrected chi connectivity index (χ2v) is 9.32. The number of sulfone groups is 1. The largest absolute Gasteiger partial charge is 0.501 e. The molecule has 2 fully saturated rings. The number of rotatable bonds is 4. The highest BCUT2D eigenvalue weighted by Crippen LogP contribution is 2.56. The number of aromatic nitrogens is 1. The molecule has 1 spiro atoms. The summed E-state index contributed by atoms with van der Waals surface area (Å²) < 4.78 is 61.5. The predicted molar refractivity (Wildman–Crippen MR) is 105 cm³/mol. The molecule has 4 rings (SSSR count). The monoisotopic (exact) mass is 454 g/mol. The number of alkyl halides is 3. The van der Waals surface area contributed by atoms with E-state index in [1.54, 1.807) is 13.1 Å². The van der Waals surface area contributed by atoms with E-state index in [0.29, 0.717) is 17.8 Å². The van der Waals surface area contributed by atoms with Gasteiger partial charge in [0.25, 0.3) is 15.7 Å². The van der Waals surface area contributed by atoms with Gasteiger partial charge in [-0.05, 0) is 42.7 Å². The van der Waals surface area contributed by atoms with E-state index < -0.39 is 37.7 Å². The Morgan fingerprint density at radius 1 is 1.16 bits per heavy atom. The molecule has 1 N–H and O–H groups in total. The molecule has 0 bridgehead atoms. The average Bonchev–Trinajstić information content (AvgIpc) is 3.33. The van der Waals surface area contributed by atoms with Crippen molar-refractivity contribution in [2.75, 3.05) is 22.2 Å². The van der Waals surface area contributed by atoms with Gasteiger partial charge in [-0.25, -0.2) is 18.1 Å².